The van der Waals surface area contributed by atoms with Gasteiger partial charge in [0, 0.05) is 41.9 Å². The van der Waals surface area contributed by atoms with Gasteiger partial charge in [-0.15, -0.1) is 11.8 Å². The highest BCUT2D eigenvalue weighted by molar-refractivity contribution is 7.99. The average molecular weight is 714 g/mol. The van der Waals surface area contributed by atoms with Crippen LogP contribution in [-0.4, -0.2) is 76.8 Å². The molecule has 3 aromatic rings. The molecule has 0 radical (unpaired) electrons. The summed E-state index contributed by atoms with van der Waals surface area (Å²) in [6.45, 7) is 6.14. The number of piperidine rings is 1. The first kappa shape index (κ1) is 36.7. The van der Waals surface area contributed by atoms with E-state index < -0.39 is 52.8 Å². The van der Waals surface area contributed by atoms with Gasteiger partial charge in [0.2, 0.25) is 0 Å². The van der Waals surface area contributed by atoms with Gasteiger partial charge < -0.3 is 15.0 Å². The molecule has 1 unspecified atom stereocenters. The summed E-state index contributed by atoms with van der Waals surface area (Å²) < 4.78 is 101. The number of likely N-dealkylation sites (tertiary alicyclic amines) is 1. The Morgan fingerprint density at radius 2 is 1.57 bits per heavy atom. The second-order valence-corrected chi connectivity index (χ2v) is 16.1. The minimum Gasteiger partial charge on any atom is -0.380 e. The fraction of sp³-hybridized carbons (Fsp3) is 0.406. The lowest BCUT2D eigenvalue weighted by molar-refractivity contribution is -0.0436. The van der Waals surface area contributed by atoms with Gasteiger partial charge in [-0.3, -0.25) is 4.79 Å². The first-order chi connectivity index (χ1) is 22.2. The maximum absolute atomic E-state index is 13.9. The third-order valence-corrected chi connectivity index (χ3v) is 11.5. The summed E-state index contributed by atoms with van der Waals surface area (Å²) in [5, 5.41) is 2.98. The van der Waals surface area contributed by atoms with Crippen LogP contribution in [0.1, 0.15) is 43.5 Å². The van der Waals surface area contributed by atoms with Gasteiger partial charge in [-0.25, -0.2) is 21.6 Å². The van der Waals surface area contributed by atoms with Gasteiger partial charge in [0.15, 0.2) is 0 Å². The minimum atomic E-state index is -6.01. The SMILES string of the molecule is CC(C)OC1CCN(CCC(CSc2ccccc2)Nc2ccc(S(=O)(=O)NC(=O)c3ccccc3)cc2S(=O)(=O)C(F)(F)F)CC1. The van der Waals surface area contributed by atoms with Gasteiger partial charge in [0.25, 0.3) is 25.8 Å². The smallest absolute Gasteiger partial charge is 0.380 e. The normalized spacial score (nSPS) is 15.8. The van der Waals surface area contributed by atoms with Crippen molar-refractivity contribution in [1.29, 1.82) is 0 Å². The summed E-state index contributed by atoms with van der Waals surface area (Å²) in [7, 11) is -10.8. The van der Waals surface area contributed by atoms with E-state index in [1.54, 1.807) is 10.8 Å². The number of nitrogens with zero attached hydrogens (tertiary/aromatic N) is 1. The summed E-state index contributed by atoms with van der Waals surface area (Å²) in [5.41, 5.74) is -6.11. The number of sulfonamides is 1. The Bertz CT molecular complexity index is 1700. The Labute approximate surface area is 278 Å². The van der Waals surface area contributed by atoms with Crippen LogP contribution in [0.3, 0.4) is 0 Å². The van der Waals surface area contributed by atoms with Crippen molar-refractivity contribution >= 4 is 43.2 Å². The highest BCUT2D eigenvalue weighted by atomic mass is 32.2. The van der Waals surface area contributed by atoms with Crippen molar-refractivity contribution in [2.75, 3.05) is 30.7 Å². The summed E-state index contributed by atoms with van der Waals surface area (Å²) in [4.78, 5) is 13.6. The van der Waals surface area contributed by atoms with Crippen LogP contribution in [0.4, 0.5) is 18.9 Å². The number of sulfone groups is 1. The highest BCUT2D eigenvalue weighted by Crippen LogP contribution is 2.36. The summed E-state index contributed by atoms with van der Waals surface area (Å²) in [6.07, 6.45) is 2.45. The fourth-order valence-electron chi connectivity index (χ4n) is 5.09. The standard InChI is InChI=1S/C32H38F3N3O6S3/c1-23(2)44-26-16-19-38(20-17-26)18-15-25(22-45-27-11-7-4-8-12-27)36-29-14-13-28(21-30(29)46(40,41)32(33,34)35)47(42,43)37-31(39)24-9-5-3-6-10-24/h3-14,21,23,25-26,36H,15-20,22H2,1-2H3,(H,37,39). The Morgan fingerprint density at radius 1 is 0.957 bits per heavy atom. The van der Waals surface area contributed by atoms with Gasteiger partial charge >= 0.3 is 5.51 Å². The number of ether oxygens (including phenoxy) is 1. The minimum absolute atomic E-state index is 0.00655. The number of halogens is 3. The quantitative estimate of drug-likeness (QED) is 0.195. The first-order valence-electron chi connectivity index (χ1n) is 15.1. The van der Waals surface area contributed by atoms with Gasteiger partial charge in [-0.05, 0) is 75.6 Å². The molecule has 0 aromatic heterocycles. The number of carbonyl (C=O) groups excluding carboxylic acids is 1. The largest absolute Gasteiger partial charge is 0.501 e. The van der Waals surface area contributed by atoms with Crippen molar-refractivity contribution in [3.8, 4) is 0 Å². The fourth-order valence-corrected chi connectivity index (χ4v) is 8.10. The molecule has 2 N–H and O–H groups in total. The van der Waals surface area contributed by atoms with Crippen LogP contribution in [0.2, 0.25) is 0 Å². The number of amides is 1. The molecule has 256 valence electrons. The maximum atomic E-state index is 13.9. The van der Waals surface area contributed by atoms with Gasteiger partial charge in [-0.1, -0.05) is 36.4 Å². The van der Waals surface area contributed by atoms with Crippen LogP contribution in [0.25, 0.3) is 0 Å². The van der Waals surface area contributed by atoms with Crippen LogP contribution in [0.15, 0.2) is 93.5 Å². The molecular weight excluding hydrogens is 676 g/mol. The zero-order chi connectivity index (χ0) is 34.2. The second-order valence-electron chi connectivity index (χ2n) is 11.4. The molecule has 1 aliphatic heterocycles. The number of rotatable bonds is 14. The van der Waals surface area contributed by atoms with Crippen molar-refractivity contribution in [2.24, 2.45) is 0 Å². The number of benzene rings is 3. The predicted octanol–water partition coefficient (Wildman–Crippen LogP) is 5.95. The van der Waals surface area contributed by atoms with Crippen molar-refractivity contribution < 1.29 is 39.5 Å². The van der Waals surface area contributed by atoms with Crippen LogP contribution in [-0.2, 0) is 24.6 Å². The molecule has 0 spiro atoms. The van der Waals surface area contributed by atoms with Crippen molar-refractivity contribution in [1.82, 2.24) is 9.62 Å². The first-order valence-corrected chi connectivity index (χ1v) is 19.0. The lowest BCUT2D eigenvalue weighted by Crippen LogP contribution is -2.40. The predicted molar refractivity (Wildman–Crippen MR) is 176 cm³/mol. The Kier molecular flexibility index (Phi) is 12.4. The van der Waals surface area contributed by atoms with E-state index in [2.05, 4.69) is 10.2 Å². The molecule has 9 nitrogen and oxygen atoms in total. The van der Waals surface area contributed by atoms with E-state index in [9.17, 15) is 34.8 Å². The molecule has 0 bridgehead atoms. The van der Waals surface area contributed by atoms with Crippen LogP contribution in [0, 0.1) is 0 Å². The molecule has 1 aliphatic rings. The van der Waals surface area contributed by atoms with E-state index in [0.29, 0.717) is 24.8 Å². The molecule has 1 atom stereocenters. The summed E-state index contributed by atoms with van der Waals surface area (Å²) in [6, 6.07) is 18.6. The Morgan fingerprint density at radius 3 is 2.17 bits per heavy atom. The Hall–Kier alpha value is -3.11. The van der Waals surface area contributed by atoms with E-state index in [4.69, 9.17) is 4.74 Å². The third kappa shape index (κ3) is 10.2. The molecule has 1 fully saturated rings. The number of carbonyl (C=O) groups is 1. The molecule has 1 saturated heterocycles. The molecule has 0 aliphatic carbocycles. The van der Waals surface area contributed by atoms with E-state index in [0.717, 1.165) is 43.0 Å². The molecule has 15 heteroatoms. The zero-order valence-corrected chi connectivity index (χ0v) is 28.4. The summed E-state index contributed by atoms with van der Waals surface area (Å²) >= 11 is 1.46. The van der Waals surface area contributed by atoms with E-state index in [1.165, 1.54) is 36.0 Å². The highest BCUT2D eigenvalue weighted by Gasteiger charge is 2.48. The molecular formula is C32H38F3N3O6S3. The number of anilines is 1. The van der Waals surface area contributed by atoms with Crippen LogP contribution in [0.5, 0.6) is 0 Å². The van der Waals surface area contributed by atoms with Gasteiger partial charge in [-0.2, -0.15) is 13.2 Å². The van der Waals surface area contributed by atoms with Crippen LogP contribution >= 0.6 is 11.8 Å². The van der Waals surface area contributed by atoms with Crippen molar-refractivity contribution in [3.63, 3.8) is 0 Å². The van der Waals surface area contributed by atoms with E-state index in [-0.39, 0.29) is 17.8 Å². The van der Waals surface area contributed by atoms with Gasteiger partial charge in [0.1, 0.15) is 4.90 Å². The third-order valence-electron chi connectivity index (χ3n) is 7.47. The maximum Gasteiger partial charge on any atom is 0.501 e. The number of alkyl halides is 3. The lowest BCUT2D eigenvalue weighted by Gasteiger charge is -2.34. The molecule has 1 amide bonds. The van der Waals surface area contributed by atoms with Gasteiger partial charge in [0.05, 0.1) is 22.8 Å². The molecule has 3 aromatic carbocycles. The Balaban J connectivity index is 1.60. The molecule has 4 rings (SSSR count). The number of thioether (sulfide) groups is 1. The van der Waals surface area contributed by atoms with Crippen molar-refractivity contribution in [3.05, 3.63) is 84.4 Å². The molecule has 47 heavy (non-hydrogen) atoms. The van der Waals surface area contributed by atoms with E-state index >= 15 is 0 Å². The summed E-state index contributed by atoms with van der Waals surface area (Å²) in [5.74, 6) is -0.638. The number of nitrogens with one attached hydrogen (secondary N) is 2. The number of hydrogen-bond acceptors (Lipinski definition) is 9. The molecule has 1 heterocycles. The topological polar surface area (TPSA) is 122 Å². The second kappa shape index (κ2) is 15.9. The average Bonchev–Trinajstić information content (AvgIpc) is 3.03. The lowest BCUT2D eigenvalue weighted by atomic mass is 10.1. The zero-order valence-electron chi connectivity index (χ0n) is 25.9. The molecule has 0 saturated carbocycles. The number of hydrogen-bond donors (Lipinski definition) is 2. The monoisotopic (exact) mass is 713 g/mol. The van der Waals surface area contributed by atoms with Crippen molar-refractivity contribution in [2.45, 2.75) is 71.6 Å². The van der Waals surface area contributed by atoms with Crippen LogP contribution < -0.4 is 10.0 Å². The van der Waals surface area contributed by atoms with E-state index in [1.807, 2.05) is 44.2 Å².